The second-order valence-electron chi connectivity index (χ2n) is 6.21. The van der Waals surface area contributed by atoms with Gasteiger partial charge in [0.2, 0.25) is 5.91 Å². The summed E-state index contributed by atoms with van der Waals surface area (Å²) in [5, 5.41) is 0.473. The van der Waals surface area contributed by atoms with Crippen LogP contribution in [0.25, 0.3) is 0 Å². The molecule has 2 saturated heterocycles. The molecule has 0 N–H and O–H groups in total. The van der Waals surface area contributed by atoms with Crippen molar-refractivity contribution < 1.29 is 14.3 Å². The molecule has 2 aliphatic heterocycles. The van der Waals surface area contributed by atoms with Crippen LogP contribution in [-0.4, -0.2) is 60.0 Å². The number of hydrogen-bond acceptors (Lipinski definition) is 3. The third-order valence-electron chi connectivity index (χ3n) is 4.63. The van der Waals surface area contributed by atoms with Crippen LogP contribution in [0, 0.1) is 6.92 Å². The molecule has 1 aromatic carbocycles. The van der Waals surface area contributed by atoms with Crippen LogP contribution in [-0.2, 0) is 9.53 Å². The van der Waals surface area contributed by atoms with Gasteiger partial charge in [-0.2, -0.15) is 0 Å². The topological polar surface area (TPSA) is 49.9 Å². The van der Waals surface area contributed by atoms with Crippen LogP contribution in [0.2, 0.25) is 5.02 Å². The second kappa shape index (κ2) is 6.49. The Hall–Kier alpha value is -1.59. The molecule has 5 nitrogen and oxygen atoms in total. The van der Waals surface area contributed by atoms with Gasteiger partial charge in [-0.1, -0.05) is 17.7 Å². The van der Waals surface area contributed by atoms with Crippen molar-refractivity contribution in [3.63, 3.8) is 0 Å². The summed E-state index contributed by atoms with van der Waals surface area (Å²) < 4.78 is 5.78. The summed E-state index contributed by atoms with van der Waals surface area (Å²) >= 11 is 6.22. The molecule has 0 spiro atoms. The number of likely N-dealkylation sites (tertiary alicyclic amines) is 1. The summed E-state index contributed by atoms with van der Waals surface area (Å²) in [6.07, 6.45) is 0.758. The van der Waals surface area contributed by atoms with E-state index in [4.69, 9.17) is 16.3 Å². The van der Waals surface area contributed by atoms with Crippen molar-refractivity contribution in [3.8, 4) is 0 Å². The van der Waals surface area contributed by atoms with Gasteiger partial charge in [-0.25, -0.2) is 0 Å². The second-order valence-corrected chi connectivity index (χ2v) is 6.62. The first-order valence-corrected chi connectivity index (χ1v) is 8.29. The Morgan fingerprint density at radius 1 is 1.30 bits per heavy atom. The zero-order chi connectivity index (χ0) is 16.6. The number of benzene rings is 1. The minimum Gasteiger partial charge on any atom is -0.374 e. The highest BCUT2D eigenvalue weighted by molar-refractivity contribution is 6.33. The molecule has 2 heterocycles. The van der Waals surface area contributed by atoms with Crippen LogP contribution in [0.5, 0.6) is 0 Å². The molecular formula is C17H21ClN2O3. The van der Waals surface area contributed by atoms with E-state index in [2.05, 4.69) is 0 Å². The maximum absolute atomic E-state index is 12.8. The Morgan fingerprint density at radius 3 is 2.78 bits per heavy atom. The molecule has 2 unspecified atom stereocenters. The van der Waals surface area contributed by atoms with E-state index in [1.54, 1.807) is 24.0 Å². The van der Waals surface area contributed by atoms with Crippen molar-refractivity contribution >= 4 is 23.4 Å². The number of halogens is 1. The number of rotatable bonds is 1. The van der Waals surface area contributed by atoms with E-state index in [1.165, 1.54) is 0 Å². The number of aryl methyl sites for hydroxylation is 1. The number of ether oxygens (including phenoxy) is 1. The van der Waals surface area contributed by atoms with Gasteiger partial charge in [-0.05, 0) is 31.0 Å². The summed E-state index contributed by atoms with van der Waals surface area (Å²) in [6.45, 7) is 5.78. The average Bonchev–Trinajstić information content (AvgIpc) is 2.53. The molecule has 2 atom stereocenters. The van der Waals surface area contributed by atoms with Crippen LogP contribution in [0.3, 0.4) is 0 Å². The minimum absolute atomic E-state index is 0.0187. The first kappa shape index (κ1) is 16.3. The lowest BCUT2D eigenvalue weighted by Crippen LogP contribution is -2.61. The SMILES string of the molecule is CC(=O)N1CCOC2CCN(C(=O)c3ccc(C)cc3Cl)CC21. The molecule has 0 aliphatic carbocycles. The van der Waals surface area contributed by atoms with Crippen molar-refractivity contribution in [1.29, 1.82) is 0 Å². The highest BCUT2D eigenvalue weighted by Gasteiger charge is 2.39. The molecule has 6 heteroatoms. The van der Waals surface area contributed by atoms with E-state index < -0.39 is 0 Å². The minimum atomic E-state index is -0.0810. The van der Waals surface area contributed by atoms with E-state index in [0.717, 1.165) is 12.0 Å². The maximum Gasteiger partial charge on any atom is 0.255 e. The summed E-state index contributed by atoms with van der Waals surface area (Å²) in [4.78, 5) is 28.2. The largest absolute Gasteiger partial charge is 0.374 e. The molecule has 0 aromatic heterocycles. The quantitative estimate of drug-likeness (QED) is 0.789. The summed E-state index contributed by atoms with van der Waals surface area (Å²) in [5.74, 6) is -0.0477. The van der Waals surface area contributed by atoms with Gasteiger partial charge in [0.25, 0.3) is 5.91 Å². The highest BCUT2D eigenvalue weighted by atomic mass is 35.5. The predicted molar refractivity (Wildman–Crippen MR) is 87.6 cm³/mol. The molecule has 2 aliphatic rings. The standard InChI is InChI=1S/C17H21ClN2O3/c1-11-3-4-13(14(18)9-11)17(22)19-6-5-16-15(10-19)20(12(2)21)7-8-23-16/h3-4,9,15-16H,5-8,10H2,1-2H3. The lowest BCUT2D eigenvalue weighted by Gasteiger charge is -2.46. The Balaban J connectivity index is 1.79. The van der Waals surface area contributed by atoms with E-state index in [-0.39, 0.29) is 24.0 Å². The van der Waals surface area contributed by atoms with Crippen LogP contribution in [0.1, 0.15) is 29.3 Å². The van der Waals surface area contributed by atoms with Crippen molar-refractivity contribution in [1.82, 2.24) is 9.80 Å². The molecule has 1 aromatic rings. The first-order chi connectivity index (χ1) is 11.0. The van der Waals surface area contributed by atoms with Gasteiger partial charge in [0.1, 0.15) is 0 Å². The summed E-state index contributed by atoms with van der Waals surface area (Å²) in [5.41, 5.74) is 1.54. The number of fused-ring (bicyclic) bond motifs is 1. The molecular weight excluding hydrogens is 316 g/mol. The Labute approximate surface area is 141 Å². The molecule has 124 valence electrons. The molecule has 0 saturated carbocycles. The van der Waals surface area contributed by atoms with E-state index >= 15 is 0 Å². The van der Waals surface area contributed by atoms with Gasteiger partial charge in [-0.3, -0.25) is 9.59 Å². The smallest absolute Gasteiger partial charge is 0.255 e. The zero-order valence-corrected chi connectivity index (χ0v) is 14.2. The zero-order valence-electron chi connectivity index (χ0n) is 13.4. The Kier molecular flexibility index (Phi) is 4.60. The van der Waals surface area contributed by atoms with Crippen LogP contribution < -0.4 is 0 Å². The van der Waals surface area contributed by atoms with Gasteiger partial charge in [0.15, 0.2) is 0 Å². The Bertz CT molecular complexity index is 634. The number of carbonyl (C=O) groups is 2. The maximum atomic E-state index is 12.8. The van der Waals surface area contributed by atoms with E-state index in [9.17, 15) is 9.59 Å². The number of piperidine rings is 1. The fraction of sp³-hybridized carbons (Fsp3) is 0.529. The average molecular weight is 337 g/mol. The number of amides is 2. The molecule has 2 amide bonds. The van der Waals surface area contributed by atoms with Crippen molar-refractivity contribution in [2.45, 2.75) is 32.4 Å². The predicted octanol–water partition coefficient (Wildman–Crippen LogP) is 2.11. The highest BCUT2D eigenvalue weighted by Crippen LogP contribution is 2.26. The normalized spacial score (nSPS) is 24.3. The van der Waals surface area contributed by atoms with Crippen LogP contribution in [0.4, 0.5) is 0 Å². The molecule has 0 bridgehead atoms. The van der Waals surface area contributed by atoms with Crippen LogP contribution >= 0.6 is 11.6 Å². The number of nitrogens with zero attached hydrogens (tertiary/aromatic N) is 2. The molecule has 2 fully saturated rings. The molecule has 3 rings (SSSR count). The third-order valence-corrected chi connectivity index (χ3v) is 4.94. The van der Waals surface area contributed by atoms with E-state index in [0.29, 0.717) is 36.8 Å². The monoisotopic (exact) mass is 336 g/mol. The van der Waals surface area contributed by atoms with E-state index in [1.807, 2.05) is 17.9 Å². The molecule has 23 heavy (non-hydrogen) atoms. The summed E-state index contributed by atoms with van der Waals surface area (Å²) in [6, 6.07) is 5.39. The number of hydrogen-bond donors (Lipinski definition) is 0. The van der Waals surface area contributed by atoms with Gasteiger partial charge >= 0.3 is 0 Å². The van der Waals surface area contributed by atoms with Crippen molar-refractivity contribution in [3.05, 3.63) is 34.3 Å². The van der Waals surface area contributed by atoms with Gasteiger partial charge in [0, 0.05) is 26.6 Å². The third kappa shape index (κ3) is 3.21. The van der Waals surface area contributed by atoms with Crippen molar-refractivity contribution in [2.75, 3.05) is 26.2 Å². The van der Waals surface area contributed by atoms with Crippen LogP contribution in [0.15, 0.2) is 18.2 Å². The number of morpholine rings is 1. The van der Waals surface area contributed by atoms with Gasteiger partial charge < -0.3 is 14.5 Å². The first-order valence-electron chi connectivity index (χ1n) is 7.91. The lowest BCUT2D eigenvalue weighted by atomic mass is 9.97. The summed E-state index contributed by atoms with van der Waals surface area (Å²) in [7, 11) is 0. The number of carbonyl (C=O) groups excluding carboxylic acids is 2. The van der Waals surface area contributed by atoms with Crippen molar-refractivity contribution in [2.24, 2.45) is 0 Å². The lowest BCUT2D eigenvalue weighted by molar-refractivity contribution is -0.149. The molecule has 0 radical (unpaired) electrons. The van der Waals surface area contributed by atoms with Gasteiger partial charge in [0.05, 0.1) is 29.3 Å². The Morgan fingerprint density at radius 2 is 2.09 bits per heavy atom. The van der Waals surface area contributed by atoms with Gasteiger partial charge in [-0.15, -0.1) is 0 Å². The fourth-order valence-electron chi connectivity index (χ4n) is 3.41. The fourth-order valence-corrected chi connectivity index (χ4v) is 3.73.